The van der Waals surface area contributed by atoms with Gasteiger partial charge in [-0.3, -0.25) is 0 Å². The smallest absolute Gasteiger partial charge is 0.0211 e. The van der Waals surface area contributed by atoms with E-state index >= 15 is 0 Å². The largest absolute Gasteiger partial charge is 0.313 e. The summed E-state index contributed by atoms with van der Waals surface area (Å²) in [5.74, 6) is 3.43. The lowest BCUT2D eigenvalue weighted by Gasteiger charge is -2.21. The molecule has 0 saturated heterocycles. The fourth-order valence-corrected chi connectivity index (χ4v) is 1.53. The maximum Gasteiger partial charge on any atom is 0.0211 e. The lowest BCUT2D eigenvalue weighted by Crippen LogP contribution is -2.33. The Hall–Kier alpha value is -0.480. The first kappa shape index (κ1) is 11.5. The first-order valence-electron chi connectivity index (χ1n) is 4.93. The molecular weight excluding hydrogens is 146 g/mol. The molecule has 0 bridgehead atoms. The van der Waals surface area contributed by atoms with Gasteiger partial charge in [0, 0.05) is 19.0 Å². The molecule has 0 heterocycles. The van der Waals surface area contributed by atoms with Crippen molar-refractivity contribution < 1.29 is 0 Å². The summed E-state index contributed by atoms with van der Waals surface area (Å²) in [6.45, 7) is 7.68. The minimum atomic E-state index is 0.605. The van der Waals surface area contributed by atoms with Gasteiger partial charge < -0.3 is 5.32 Å². The first-order chi connectivity index (χ1) is 5.76. The number of hydrogen-bond donors (Lipinski definition) is 1. The fourth-order valence-electron chi connectivity index (χ4n) is 1.53. The molecule has 0 rings (SSSR count). The molecule has 0 aliphatic heterocycles. The van der Waals surface area contributed by atoms with E-state index in [1.54, 1.807) is 0 Å². The standard InChI is InChI=1S/C11H21N/c1-5-8-9-12-10(4)11(6-2)7-3/h1,10-12H,6-9H2,2-4H3. The van der Waals surface area contributed by atoms with E-state index in [2.05, 4.69) is 32.0 Å². The monoisotopic (exact) mass is 167 g/mol. The van der Waals surface area contributed by atoms with Crippen molar-refractivity contribution in [1.82, 2.24) is 5.32 Å². The van der Waals surface area contributed by atoms with Crippen LogP contribution in [0.1, 0.15) is 40.0 Å². The number of nitrogens with one attached hydrogen (secondary N) is 1. The second-order valence-corrected chi connectivity index (χ2v) is 3.27. The van der Waals surface area contributed by atoms with E-state index in [1.165, 1.54) is 12.8 Å². The van der Waals surface area contributed by atoms with E-state index in [1.807, 2.05) is 0 Å². The quantitative estimate of drug-likeness (QED) is 0.473. The van der Waals surface area contributed by atoms with Crippen LogP contribution in [0.15, 0.2) is 0 Å². The summed E-state index contributed by atoms with van der Waals surface area (Å²) < 4.78 is 0. The first-order valence-corrected chi connectivity index (χ1v) is 4.93. The van der Waals surface area contributed by atoms with Crippen molar-refractivity contribution in [3.63, 3.8) is 0 Å². The van der Waals surface area contributed by atoms with Gasteiger partial charge in [0.2, 0.25) is 0 Å². The van der Waals surface area contributed by atoms with E-state index in [4.69, 9.17) is 6.42 Å². The van der Waals surface area contributed by atoms with Gasteiger partial charge in [0.25, 0.3) is 0 Å². The third-order valence-corrected chi connectivity index (χ3v) is 2.49. The maximum atomic E-state index is 5.17. The van der Waals surface area contributed by atoms with Gasteiger partial charge in [-0.25, -0.2) is 0 Å². The van der Waals surface area contributed by atoms with E-state index in [0.717, 1.165) is 18.9 Å². The van der Waals surface area contributed by atoms with Gasteiger partial charge in [0.1, 0.15) is 0 Å². The van der Waals surface area contributed by atoms with Crippen molar-refractivity contribution in [2.24, 2.45) is 5.92 Å². The molecule has 1 unspecified atom stereocenters. The van der Waals surface area contributed by atoms with Crippen molar-refractivity contribution in [3.8, 4) is 12.3 Å². The predicted octanol–water partition coefficient (Wildman–Crippen LogP) is 2.42. The van der Waals surface area contributed by atoms with Gasteiger partial charge in [0.15, 0.2) is 0 Å². The van der Waals surface area contributed by atoms with Crippen LogP contribution in [0.3, 0.4) is 0 Å². The van der Waals surface area contributed by atoms with Crippen molar-refractivity contribution in [1.29, 1.82) is 0 Å². The Labute approximate surface area is 76.9 Å². The molecule has 0 aliphatic carbocycles. The molecule has 0 radical (unpaired) electrons. The molecule has 70 valence electrons. The number of hydrogen-bond acceptors (Lipinski definition) is 1. The van der Waals surface area contributed by atoms with E-state index in [9.17, 15) is 0 Å². The predicted molar refractivity (Wildman–Crippen MR) is 55.0 cm³/mol. The minimum absolute atomic E-state index is 0.605. The minimum Gasteiger partial charge on any atom is -0.313 e. The summed E-state index contributed by atoms with van der Waals surface area (Å²) in [6, 6.07) is 0.605. The maximum absolute atomic E-state index is 5.17. The van der Waals surface area contributed by atoms with Crippen molar-refractivity contribution in [2.75, 3.05) is 6.54 Å². The number of terminal acetylenes is 1. The average Bonchev–Trinajstić information content (AvgIpc) is 2.07. The van der Waals surface area contributed by atoms with Crippen molar-refractivity contribution >= 4 is 0 Å². The highest BCUT2D eigenvalue weighted by molar-refractivity contribution is 4.85. The summed E-state index contributed by atoms with van der Waals surface area (Å²) >= 11 is 0. The van der Waals surface area contributed by atoms with Crippen LogP contribution in [0.2, 0.25) is 0 Å². The van der Waals surface area contributed by atoms with Gasteiger partial charge in [-0.2, -0.15) is 0 Å². The summed E-state index contributed by atoms with van der Waals surface area (Å²) in [6.07, 6.45) is 8.51. The van der Waals surface area contributed by atoms with Gasteiger partial charge in [0.05, 0.1) is 0 Å². The molecule has 0 fully saturated rings. The molecule has 12 heavy (non-hydrogen) atoms. The van der Waals surface area contributed by atoms with Crippen LogP contribution in [0.4, 0.5) is 0 Å². The Bertz CT molecular complexity index is 130. The van der Waals surface area contributed by atoms with Gasteiger partial charge in [-0.15, -0.1) is 12.3 Å². The van der Waals surface area contributed by atoms with Crippen LogP contribution >= 0.6 is 0 Å². The molecule has 0 aromatic rings. The molecule has 1 atom stereocenters. The third kappa shape index (κ3) is 4.41. The second-order valence-electron chi connectivity index (χ2n) is 3.27. The topological polar surface area (TPSA) is 12.0 Å². The SMILES string of the molecule is C#CCCNC(C)C(CC)CC. The van der Waals surface area contributed by atoms with E-state index < -0.39 is 0 Å². The average molecular weight is 167 g/mol. The molecule has 0 spiro atoms. The molecular formula is C11H21N. The Balaban J connectivity index is 3.55. The van der Waals surface area contributed by atoms with Gasteiger partial charge in [-0.05, 0) is 12.8 Å². The van der Waals surface area contributed by atoms with Gasteiger partial charge in [-0.1, -0.05) is 26.7 Å². The molecule has 0 saturated carbocycles. The highest BCUT2D eigenvalue weighted by Crippen LogP contribution is 2.12. The summed E-state index contributed by atoms with van der Waals surface area (Å²) in [5, 5.41) is 3.44. The van der Waals surface area contributed by atoms with Crippen LogP contribution in [-0.2, 0) is 0 Å². The highest BCUT2D eigenvalue weighted by Gasteiger charge is 2.11. The van der Waals surface area contributed by atoms with Crippen LogP contribution < -0.4 is 5.32 Å². The highest BCUT2D eigenvalue weighted by atomic mass is 14.9. The lowest BCUT2D eigenvalue weighted by molar-refractivity contribution is 0.357. The lowest BCUT2D eigenvalue weighted by atomic mass is 9.95. The Morgan fingerprint density at radius 2 is 1.92 bits per heavy atom. The summed E-state index contributed by atoms with van der Waals surface area (Å²) in [7, 11) is 0. The number of rotatable bonds is 6. The fraction of sp³-hybridized carbons (Fsp3) is 0.818. The zero-order chi connectivity index (χ0) is 9.40. The zero-order valence-corrected chi connectivity index (χ0v) is 8.56. The molecule has 0 amide bonds. The van der Waals surface area contributed by atoms with Gasteiger partial charge >= 0.3 is 0 Å². The van der Waals surface area contributed by atoms with Crippen molar-refractivity contribution in [2.45, 2.75) is 46.1 Å². The molecule has 1 nitrogen and oxygen atoms in total. The van der Waals surface area contributed by atoms with Crippen LogP contribution in [0, 0.1) is 18.3 Å². The Morgan fingerprint density at radius 3 is 2.33 bits per heavy atom. The molecule has 0 aromatic carbocycles. The third-order valence-electron chi connectivity index (χ3n) is 2.49. The Morgan fingerprint density at radius 1 is 1.33 bits per heavy atom. The zero-order valence-electron chi connectivity index (χ0n) is 8.56. The van der Waals surface area contributed by atoms with E-state index in [0.29, 0.717) is 6.04 Å². The van der Waals surface area contributed by atoms with E-state index in [-0.39, 0.29) is 0 Å². The van der Waals surface area contributed by atoms with Crippen LogP contribution in [0.5, 0.6) is 0 Å². The molecule has 1 N–H and O–H groups in total. The molecule has 0 aromatic heterocycles. The van der Waals surface area contributed by atoms with Crippen molar-refractivity contribution in [3.05, 3.63) is 0 Å². The van der Waals surface area contributed by atoms with Crippen LogP contribution in [0.25, 0.3) is 0 Å². The molecule has 1 heteroatoms. The Kier molecular flexibility index (Phi) is 6.90. The molecule has 0 aliphatic rings. The summed E-state index contributed by atoms with van der Waals surface area (Å²) in [5.41, 5.74) is 0. The van der Waals surface area contributed by atoms with Crippen LogP contribution in [-0.4, -0.2) is 12.6 Å². The second kappa shape index (κ2) is 7.18. The summed E-state index contributed by atoms with van der Waals surface area (Å²) in [4.78, 5) is 0. The normalized spacial score (nSPS) is 12.9.